The molecule has 4 saturated heterocycles. The molecule has 0 radical (unpaired) electrons. The lowest BCUT2D eigenvalue weighted by molar-refractivity contribution is -0.138. The predicted molar refractivity (Wildman–Crippen MR) is 504 cm³/mol. The Balaban J connectivity index is 0.000000150. The van der Waals surface area contributed by atoms with Gasteiger partial charge in [-0.1, -0.05) is 135 Å². The van der Waals surface area contributed by atoms with Gasteiger partial charge in [-0.3, -0.25) is 0 Å². The number of aliphatic hydroxyl groups is 6. The number of hydrogen-bond acceptors (Lipinski definition) is 18. The number of fused-ring (bicyclic) bond motifs is 12. The molecule has 4 fully saturated rings. The summed E-state index contributed by atoms with van der Waals surface area (Å²) >= 11 is 0. The van der Waals surface area contributed by atoms with Gasteiger partial charge in [0.1, 0.15) is 12.7 Å². The number of hydrogen-bond donors (Lipinski definition) is 12. The quantitative estimate of drug-likeness (QED) is 0.0364. The monoisotopic (exact) mass is 2010 g/mol. The molecule has 10 aliphatic rings. The van der Waals surface area contributed by atoms with Gasteiger partial charge in [-0.05, 0) is 200 Å². The number of ether oxygens (including phenoxy) is 6. The summed E-state index contributed by atoms with van der Waals surface area (Å²) in [7, 11) is 0. The number of halogens is 18. The number of benzene rings is 10. The minimum atomic E-state index is -4.39. The van der Waals surface area contributed by atoms with Gasteiger partial charge in [0.15, 0.2) is 0 Å². The van der Waals surface area contributed by atoms with E-state index in [1.165, 1.54) is 72.8 Å². The molecule has 10 aliphatic heterocycles. The Labute approximate surface area is 815 Å². The van der Waals surface area contributed by atoms with E-state index >= 15 is 0 Å². The molecule has 143 heavy (non-hydrogen) atoms. The summed E-state index contributed by atoms with van der Waals surface area (Å²) in [6.07, 6.45) is -12.1. The van der Waals surface area contributed by atoms with Crippen molar-refractivity contribution in [3.63, 3.8) is 0 Å². The molecule has 0 spiro atoms. The van der Waals surface area contributed by atoms with E-state index in [0.717, 1.165) is 114 Å². The van der Waals surface area contributed by atoms with Crippen molar-refractivity contribution in [2.75, 3.05) is 72.4 Å². The summed E-state index contributed by atoms with van der Waals surface area (Å²) in [6.45, 7) is 5.10. The second kappa shape index (κ2) is 49.0. The van der Waals surface area contributed by atoms with Gasteiger partial charge in [0.2, 0.25) is 0 Å². The van der Waals surface area contributed by atoms with E-state index in [1.54, 1.807) is 12.5 Å². The van der Waals surface area contributed by atoms with Crippen molar-refractivity contribution >= 4 is 34.1 Å². The highest BCUT2D eigenvalue weighted by Gasteiger charge is 2.51. The third kappa shape index (κ3) is 29.6. The largest absolute Gasteiger partial charge is 0.499 e. The lowest BCUT2D eigenvalue weighted by Gasteiger charge is -2.45. The van der Waals surface area contributed by atoms with Gasteiger partial charge >= 0.3 is 37.1 Å². The van der Waals surface area contributed by atoms with Gasteiger partial charge in [-0.15, -0.1) is 12.3 Å². The Morgan fingerprint density at radius 2 is 0.699 bits per heavy atom. The number of nitrogens with two attached hydrogens (primary N) is 2. The van der Waals surface area contributed by atoms with Gasteiger partial charge < -0.3 is 91.8 Å². The zero-order valence-corrected chi connectivity index (χ0v) is 77.4. The summed E-state index contributed by atoms with van der Waals surface area (Å²) in [4.78, 5) is 0. The molecule has 0 aromatic heterocycles. The molecule has 768 valence electrons. The number of nitrogens with one attached hydrogen (secondary N) is 4. The van der Waals surface area contributed by atoms with Crippen LogP contribution >= 0.6 is 0 Å². The van der Waals surface area contributed by atoms with Crippen molar-refractivity contribution in [3.8, 4) is 12.3 Å². The predicted octanol–water partition coefficient (Wildman–Crippen LogP) is 24.4. The van der Waals surface area contributed by atoms with E-state index in [0.29, 0.717) is 77.0 Å². The van der Waals surface area contributed by atoms with Gasteiger partial charge in [0, 0.05) is 99.5 Å². The lowest BCUT2D eigenvalue weighted by atomic mass is 9.75. The number of anilines is 6. The first-order valence-electron chi connectivity index (χ1n) is 46.3. The molecule has 20 rings (SSSR count). The van der Waals surface area contributed by atoms with Crippen LogP contribution in [0.1, 0.15) is 192 Å². The molecule has 0 aliphatic carbocycles. The molecule has 0 bridgehead atoms. The number of alkyl halides is 18. The first-order valence-corrected chi connectivity index (χ1v) is 46.3. The third-order valence-electron chi connectivity index (χ3n) is 25.4. The fourth-order valence-corrected chi connectivity index (χ4v) is 18.4. The molecule has 10 aromatic rings. The van der Waals surface area contributed by atoms with Crippen molar-refractivity contribution in [1.29, 1.82) is 0 Å². The first kappa shape index (κ1) is 110. The van der Waals surface area contributed by atoms with Gasteiger partial charge in [0.25, 0.3) is 0 Å². The van der Waals surface area contributed by atoms with E-state index < -0.39 is 94.9 Å². The van der Waals surface area contributed by atoms with Crippen LogP contribution in [-0.4, -0.2) is 107 Å². The maximum atomic E-state index is 13.1. The van der Waals surface area contributed by atoms with Crippen LogP contribution in [0, 0.1) is 41.9 Å². The Kier molecular flexibility index (Phi) is 37.6. The Hall–Kier alpha value is -12.0. The summed E-state index contributed by atoms with van der Waals surface area (Å²) in [6, 6.07) is 63.5. The molecule has 36 heteroatoms. The van der Waals surface area contributed by atoms with Crippen molar-refractivity contribution in [2.45, 2.75) is 187 Å². The standard InChI is InChI=1S/2C20H20F3NO.2C19H18F3NO2.2C7H6F3N.3C5H8O2/c1-12-9-16-18(13-5-3-2-4-6-13)24-17-8-7-14(20(21,22)23)10-15(17)19(16)25-11-12;1-2-14-11-16-18(12-6-4-3-5-7-12)24-17-9-8-13(20(21,22)23)10-15(17)19(16)25-14;20-19(21,22)12-6-7-16-14(8-12)18-15(9-13(24)10-25-18)17(23-16)11-4-2-1-3-5-11;20-19(21,22)12-6-7-16-14(8-12)18-15(9-13(10-24)25-18)17(23-16)11-4-2-1-3-5-11;2*8-7(9,10)5-1-3-6(11)4-2-5;6-5-2-1-3-7-4-5;6-4-5-2-1-3-7-5;1-2-3-5(7)4-6/h2-8,10,12,16,18-19,24H,9,11H2,1H3;3-10,14,16,18-19,24H,2,11H2,1H3;2*1-8,13,15,17-18,23-24H,9-10H2;2*1-4H,11H2;2*1,3,5-6H,2,4H2;1,5-7H,3-4H2. The fourth-order valence-electron chi connectivity index (χ4n) is 18.4. The minimum Gasteiger partial charge on any atom is -0.499 e. The second-order valence-corrected chi connectivity index (χ2v) is 35.8. The molecule has 19 atom stereocenters. The summed E-state index contributed by atoms with van der Waals surface area (Å²) < 4.78 is 262. The van der Waals surface area contributed by atoms with Crippen LogP contribution < -0.4 is 32.7 Å². The maximum Gasteiger partial charge on any atom is 0.416 e. The lowest BCUT2D eigenvalue weighted by Crippen LogP contribution is -2.41. The Morgan fingerprint density at radius 1 is 0.378 bits per heavy atom. The van der Waals surface area contributed by atoms with Crippen LogP contribution in [0.4, 0.5) is 113 Å². The number of aliphatic hydroxyl groups excluding tert-OH is 6. The molecular formula is C107H112F18N6O12. The van der Waals surface area contributed by atoms with Crippen LogP contribution in [-0.2, 0) is 65.5 Å². The van der Waals surface area contributed by atoms with Gasteiger partial charge in [0.05, 0.1) is 151 Å². The Morgan fingerprint density at radius 3 is 0.986 bits per heavy atom. The van der Waals surface area contributed by atoms with Crippen LogP contribution in [0.3, 0.4) is 0 Å². The van der Waals surface area contributed by atoms with Crippen LogP contribution in [0.5, 0.6) is 0 Å². The summed E-state index contributed by atoms with van der Waals surface area (Å²) in [5.41, 5.74) is 16.6. The maximum absolute atomic E-state index is 13.1. The number of nitrogen functional groups attached to an aromatic ring is 2. The van der Waals surface area contributed by atoms with Crippen molar-refractivity contribution in [3.05, 3.63) is 345 Å². The topological polar surface area (TPSA) is 277 Å². The highest BCUT2D eigenvalue weighted by Crippen LogP contribution is 2.57. The van der Waals surface area contributed by atoms with E-state index in [9.17, 15) is 89.2 Å². The number of rotatable bonds is 9. The van der Waals surface area contributed by atoms with E-state index in [-0.39, 0.29) is 117 Å². The number of terminal acetylenes is 1. The van der Waals surface area contributed by atoms with Gasteiger partial charge in [-0.2, -0.15) is 79.0 Å². The van der Waals surface area contributed by atoms with E-state index in [4.69, 9.17) is 66.7 Å². The zero-order chi connectivity index (χ0) is 103. The normalized spacial score (nSPS) is 25.1. The van der Waals surface area contributed by atoms with Crippen molar-refractivity contribution < 1.29 is 138 Å². The molecule has 0 amide bonds. The third-order valence-corrected chi connectivity index (χ3v) is 25.4. The van der Waals surface area contributed by atoms with Crippen LogP contribution in [0.15, 0.2) is 267 Å². The molecule has 10 heterocycles. The van der Waals surface area contributed by atoms with Crippen molar-refractivity contribution in [1.82, 2.24) is 0 Å². The minimum absolute atomic E-state index is 0.0319. The Bertz CT molecular complexity index is 5330. The fraction of sp³-hybridized carbons (Fsp3) is 0.383. The molecule has 19 unspecified atom stereocenters. The van der Waals surface area contributed by atoms with E-state index in [1.807, 2.05) is 109 Å². The average Bonchev–Trinajstić information content (AvgIpc) is 1.57. The highest BCUT2D eigenvalue weighted by atomic mass is 19.4. The zero-order valence-electron chi connectivity index (χ0n) is 77.4. The van der Waals surface area contributed by atoms with Gasteiger partial charge in [-0.25, -0.2) is 0 Å². The molecule has 0 saturated carbocycles. The average molecular weight is 2020 g/mol. The van der Waals surface area contributed by atoms with E-state index in [2.05, 4.69) is 65.3 Å². The van der Waals surface area contributed by atoms with Crippen molar-refractivity contribution in [2.24, 2.45) is 29.6 Å². The first-order chi connectivity index (χ1) is 67.9. The molecular weight excluding hydrogens is 1900 g/mol. The molecule has 10 aromatic carbocycles. The smallest absolute Gasteiger partial charge is 0.416 e. The molecule has 14 N–H and O–H groups in total. The molecule has 18 nitrogen and oxygen atoms in total. The van der Waals surface area contributed by atoms with Crippen LogP contribution in [0.2, 0.25) is 0 Å². The SMILES string of the molecule is C#CCC(O)CO.CC1COC2c3cc(C(F)(F)F)ccc3NC(c3ccccc3)C2C1.CCC1CC2C(c3ccccc3)Nc3ccc(C(F)(F)F)cc3C2O1.Nc1ccc(C(F)(F)F)cc1.Nc1ccc(C(F)(F)F)cc1.OC1CC=COC1.OC1COC2c3cc(C(F)(F)F)ccc3NC(c3ccccc3)C2C1.OCC1CC2C(c3ccccc3)Nc3ccc(C(F)(F)F)cc3C2O1.OCC1CC=CO1. The summed E-state index contributed by atoms with van der Waals surface area (Å²) in [5, 5.41) is 66.9. The highest BCUT2D eigenvalue weighted by molar-refractivity contribution is 5.63. The van der Waals surface area contributed by atoms with Crippen LogP contribution in [0.25, 0.3) is 0 Å². The second-order valence-electron chi connectivity index (χ2n) is 35.8. The summed E-state index contributed by atoms with van der Waals surface area (Å²) in [5.74, 6) is 2.67.